The highest BCUT2D eigenvalue weighted by Gasteiger charge is 2.29. The lowest BCUT2D eigenvalue weighted by Gasteiger charge is -2.36. The van der Waals surface area contributed by atoms with Crippen molar-refractivity contribution in [2.75, 3.05) is 32.1 Å². The minimum absolute atomic E-state index is 0.0322. The van der Waals surface area contributed by atoms with Gasteiger partial charge in [0.25, 0.3) is 0 Å². The Balaban J connectivity index is 2.52. The minimum Gasteiger partial charge on any atom is -0.481 e. The Labute approximate surface area is 119 Å². The monoisotopic (exact) mass is 288 g/mol. The Bertz CT molecular complexity index is 317. The van der Waals surface area contributed by atoms with E-state index in [0.717, 1.165) is 12.2 Å². The summed E-state index contributed by atoms with van der Waals surface area (Å²) in [6, 6.07) is 0.282. The molecule has 1 saturated heterocycles. The number of hydrogen-bond acceptors (Lipinski definition) is 3. The third kappa shape index (κ3) is 4.30. The first-order chi connectivity index (χ1) is 9.01. The average molecular weight is 288 g/mol. The van der Waals surface area contributed by atoms with Crippen LogP contribution >= 0.6 is 11.8 Å². The summed E-state index contributed by atoms with van der Waals surface area (Å²) in [5.41, 5.74) is 0. The van der Waals surface area contributed by atoms with Crippen LogP contribution in [0.4, 0.5) is 4.79 Å². The van der Waals surface area contributed by atoms with E-state index in [1.807, 2.05) is 13.3 Å². The first-order valence-electron chi connectivity index (χ1n) is 6.74. The normalized spacial score (nSPS) is 18.2. The number of carbonyl (C=O) groups is 2. The number of carboxylic acid groups (broad SMARTS) is 1. The van der Waals surface area contributed by atoms with Gasteiger partial charge in [0.15, 0.2) is 0 Å². The highest BCUT2D eigenvalue weighted by molar-refractivity contribution is 7.98. The van der Waals surface area contributed by atoms with Gasteiger partial charge < -0.3 is 14.9 Å². The fourth-order valence-corrected chi connectivity index (χ4v) is 3.24. The lowest BCUT2D eigenvalue weighted by molar-refractivity contribution is -0.143. The number of nitrogens with zero attached hydrogens (tertiary/aromatic N) is 2. The number of thioether (sulfide) groups is 1. The van der Waals surface area contributed by atoms with E-state index >= 15 is 0 Å². The number of carbonyl (C=O) groups excluding carboxylic acids is 1. The number of aliphatic carboxylic acids is 1. The van der Waals surface area contributed by atoms with Gasteiger partial charge in [-0.25, -0.2) is 4.79 Å². The van der Waals surface area contributed by atoms with Crippen molar-refractivity contribution in [3.05, 3.63) is 0 Å². The van der Waals surface area contributed by atoms with Gasteiger partial charge >= 0.3 is 12.0 Å². The fourth-order valence-electron chi connectivity index (χ4n) is 2.39. The molecule has 1 unspecified atom stereocenters. The van der Waals surface area contributed by atoms with Crippen LogP contribution in [0.1, 0.15) is 26.2 Å². The number of hydrogen-bond donors (Lipinski definition) is 1. The second-order valence-corrected chi connectivity index (χ2v) is 5.92. The summed E-state index contributed by atoms with van der Waals surface area (Å²) < 4.78 is 0. The van der Waals surface area contributed by atoms with Gasteiger partial charge in [0, 0.05) is 31.9 Å². The van der Waals surface area contributed by atoms with Crippen molar-refractivity contribution < 1.29 is 14.7 Å². The summed E-state index contributed by atoms with van der Waals surface area (Å²) in [4.78, 5) is 26.8. The summed E-state index contributed by atoms with van der Waals surface area (Å²) in [5.74, 6) is -0.0959. The van der Waals surface area contributed by atoms with Gasteiger partial charge in [0.1, 0.15) is 0 Å². The summed E-state index contributed by atoms with van der Waals surface area (Å²) in [5, 5.41) is 8.95. The van der Waals surface area contributed by atoms with Crippen molar-refractivity contribution in [1.82, 2.24) is 9.80 Å². The summed E-state index contributed by atoms with van der Waals surface area (Å²) in [7, 11) is 1.84. The topological polar surface area (TPSA) is 60.9 Å². The van der Waals surface area contributed by atoms with E-state index < -0.39 is 5.97 Å². The van der Waals surface area contributed by atoms with Gasteiger partial charge in [0.05, 0.1) is 5.92 Å². The van der Waals surface area contributed by atoms with Crippen LogP contribution in [-0.4, -0.2) is 65.1 Å². The average Bonchev–Trinajstić information content (AvgIpc) is 2.43. The largest absolute Gasteiger partial charge is 0.481 e. The lowest BCUT2D eigenvalue weighted by atomic mass is 9.97. The van der Waals surface area contributed by atoms with Gasteiger partial charge in [-0.2, -0.15) is 11.8 Å². The highest BCUT2D eigenvalue weighted by Crippen LogP contribution is 2.19. The predicted molar refractivity (Wildman–Crippen MR) is 77.6 cm³/mol. The van der Waals surface area contributed by atoms with Crippen LogP contribution in [0.15, 0.2) is 0 Å². The van der Waals surface area contributed by atoms with Crippen molar-refractivity contribution in [2.45, 2.75) is 32.2 Å². The smallest absolute Gasteiger partial charge is 0.320 e. The van der Waals surface area contributed by atoms with Gasteiger partial charge in [-0.05, 0) is 25.5 Å². The zero-order valence-electron chi connectivity index (χ0n) is 12.0. The zero-order valence-corrected chi connectivity index (χ0v) is 12.8. The van der Waals surface area contributed by atoms with Crippen LogP contribution in [0.25, 0.3) is 0 Å². The van der Waals surface area contributed by atoms with Gasteiger partial charge in [0.2, 0.25) is 0 Å². The molecule has 0 radical (unpaired) electrons. The third-order valence-corrected chi connectivity index (χ3v) is 4.51. The van der Waals surface area contributed by atoms with E-state index in [-0.39, 0.29) is 18.0 Å². The van der Waals surface area contributed by atoms with Crippen molar-refractivity contribution in [2.24, 2.45) is 5.92 Å². The molecule has 0 bridgehead atoms. The quantitative estimate of drug-likeness (QED) is 0.840. The number of rotatable bonds is 5. The molecular weight excluding hydrogens is 264 g/mol. The minimum atomic E-state index is -0.741. The number of amides is 2. The standard InChI is InChI=1S/C13H24N2O3S/c1-4-11(9-19-3)14(2)13(18)15-7-5-10(6-8-15)12(16)17/h10-11H,4-9H2,1-3H3,(H,16,17). The van der Waals surface area contributed by atoms with E-state index in [2.05, 4.69) is 6.92 Å². The molecule has 0 aromatic rings. The molecular formula is C13H24N2O3S. The van der Waals surface area contributed by atoms with Crippen LogP contribution in [-0.2, 0) is 4.79 Å². The number of urea groups is 1. The molecule has 2 amide bonds. The summed E-state index contributed by atoms with van der Waals surface area (Å²) in [6.07, 6.45) is 4.11. The van der Waals surface area contributed by atoms with E-state index in [1.54, 1.807) is 21.6 Å². The van der Waals surface area contributed by atoms with Crippen molar-refractivity contribution in [3.8, 4) is 0 Å². The molecule has 5 nitrogen and oxygen atoms in total. The van der Waals surface area contributed by atoms with E-state index in [9.17, 15) is 9.59 Å². The number of likely N-dealkylation sites (tertiary alicyclic amines) is 1. The molecule has 0 aliphatic carbocycles. The Morgan fingerprint density at radius 3 is 2.42 bits per heavy atom. The van der Waals surface area contributed by atoms with Gasteiger partial charge in [-0.3, -0.25) is 4.79 Å². The molecule has 1 aliphatic heterocycles. The zero-order chi connectivity index (χ0) is 14.4. The Kier molecular flexibility index (Phi) is 6.48. The van der Waals surface area contributed by atoms with Crippen LogP contribution in [0.5, 0.6) is 0 Å². The second-order valence-electron chi connectivity index (χ2n) is 5.01. The highest BCUT2D eigenvalue weighted by atomic mass is 32.2. The van der Waals surface area contributed by atoms with Gasteiger partial charge in [-0.1, -0.05) is 6.92 Å². The lowest BCUT2D eigenvalue weighted by Crippen LogP contribution is -2.49. The molecule has 1 aliphatic rings. The van der Waals surface area contributed by atoms with Crippen LogP contribution in [0.3, 0.4) is 0 Å². The third-order valence-electron chi connectivity index (χ3n) is 3.79. The van der Waals surface area contributed by atoms with Crippen LogP contribution in [0.2, 0.25) is 0 Å². The van der Waals surface area contributed by atoms with Crippen molar-refractivity contribution in [3.63, 3.8) is 0 Å². The molecule has 1 rings (SSSR count). The summed E-state index contributed by atoms with van der Waals surface area (Å²) in [6.45, 7) is 3.19. The van der Waals surface area contributed by atoms with E-state index in [1.165, 1.54) is 0 Å². The van der Waals surface area contributed by atoms with Crippen molar-refractivity contribution in [1.29, 1.82) is 0 Å². The second kappa shape index (κ2) is 7.62. The van der Waals surface area contributed by atoms with Crippen LogP contribution in [0, 0.1) is 5.92 Å². The fraction of sp³-hybridized carbons (Fsp3) is 0.846. The first-order valence-corrected chi connectivity index (χ1v) is 8.14. The maximum atomic E-state index is 12.3. The number of piperidine rings is 1. The molecule has 0 spiro atoms. The molecule has 0 saturated carbocycles. The molecule has 19 heavy (non-hydrogen) atoms. The molecule has 1 N–H and O–H groups in total. The first kappa shape index (κ1) is 16.1. The molecule has 1 atom stereocenters. The molecule has 1 heterocycles. The maximum absolute atomic E-state index is 12.3. The Morgan fingerprint density at radius 2 is 2.00 bits per heavy atom. The summed E-state index contributed by atoms with van der Waals surface area (Å²) >= 11 is 1.74. The van der Waals surface area contributed by atoms with Crippen LogP contribution < -0.4 is 0 Å². The van der Waals surface area contributed by atoms with E-state index in [4.69, 9.17) is 5.11 Å². The van der Waals surface area contributed by atoms with Crippen molar-refractivity contribution >= 4 is 23.8 Å². The molecule has 0 aromatic carbocycles. The number of carboxylic acids is 1. The maximum Gasteiger partial charge on any atom is 0.320 e. The Hall–Kier alpha value is -0.910. The Morgan fingerprint density at radius 1 is 1.42 bits per heavy atom. The molecule has 110 valence electrons. The molecule has 6 heteroatoms. The molecule has 0 aromatic heterocycles. The predicted octanol–water partition coefficient (Wildman–Crippen LogP) is 1.98. The van der Waals surface area contributed by atoms with E-state index in [0.29, 0.717) is 25.9 Å². The molecule has 1 fully saturated rings. The van der Waals surface area contributed by atoms with Gasteiger partial charge in [-0.15, -0.1) is 0 Å². The SMILES string of the molecule is CCC(CSC)N(C)C(=O)N1CCC(C(=O)O)CC1.